The number of aryl methyl sites for hydroxylation is 1. The SMILES string of the molecule is Cc1cc(Br)ccc1C(=O)NC=O. The number of hydrogen-bond acceptors (Lipinski definition) is 2. The maximum absolute atomic E-state index is 11.2. The molecule has 4 heteroatoms. The van der Waals surface area contributed by atoms with Crippen molar-refractivity contribution in [2.45, 2.75) is 6.92 Å². The lowest BCUT2D eigenvalue weighted by atomic mass is 10.1. The van der Waals surface area contributed by atoms with Crippen LogP contribution in [-0.2, 0) is 4.79 Å². The summed E-state index contributed by atoms with van der Waals surface area (Å²) in [5.74, 6) is -0.375. The van der Waals surface area contributed by atoms with Gasteiger partial charge < -0.3 is 0 Å². The molecule has 0 saturated carbocycles. The molecule has 0 atom stereocenters. The largest absolute Gasteiger partial charge is 0.295 e. The fourth-order valence-electron chi connectivity index (χ4n) is 1.01. The van der Waals surface area contributed by atoms with Crippen LogP contribution >= 0.6 is 15.9 Å². The summed E-state index contributed by atoms with van der Waals surface area (Å²) in [4.78, 5) is 21.2. The summed E-state index contributed by atoms with van der Waals surface area (Å²) in [5, 5.41) is 2.09. The predicted molar refractivity (Wildman–Crippen MR) is 52.4 cm³/mol. The van der Waals surface area contributed by atoms with E-state index in [1.54, 1.807) is 12.1 Å². The third-order valence-corrected chi connectivity index (χ3v) is 2.12. The molecule has 0 fully saturated rings. The van der Waals surface area contributed by atoms with Gasteiger partial charge in [0.25, 0.3) is 5.91 Å². The first-order valence-corrected chi connectivity index (χ1v) is 4.45. The molecule has 1 aromatic rings. The maximum atomic E-state index is 11.2. The second kappa shape index (κ2) is 4.18. The Hall–Kier alpha value is -1.16. The Morgan fingerprint density at radius 2 is 2.23 bits per heavy atom. The van der Waals surface area contributed by atoms with Gasteiger partial charge in [0.15, 0.2) is 0 Å². The number of carbonyl (C=O) groups is 2. The molecule has 0 aromatic heterocycles. The summed E-state index contributed by atoms with van der Waals surface area (Å²) < 4.78 is 0.910. The Balaban J connectivity index is 3.01. The molecule has 13 heavy (non-hydrogen) atoms. The highest BCUT2D eigenvalue weighted by molar-refractivity contribution is 9.10. The van der Waals surface area contributed by atoms with Gasteiger partial charge in [-0.05, 0) is 30.7 Å². The minimum atomic E-state index is -0.375. The number of hydrogen-bond donors (Lipinski definition) is 1. The van der Waals surface area contributed by atoms with E-state index in [2.05, 4.69) is 21.2 Å². The van der Waals surface area contributed by atoms with E-state index in [4.69, 9.17) is 0 Å². The summed E-state index contributed by atoms with van der Waals surface area (Å²) in [7, 11) is 0. The average molecular weight is 242 g/mol. The Labute approximate surface area is 84.3 Å². The van der Waals surface area contributed by atoms with E-state index in [1.165, 1.54) is 0 Å². The maximum Gasteiger partial charge on any atom is 0.257 e. The van der Waals surface area contributed by atoms with Crippen LogP contribution in [0.25, 0.3) is 0 Å². The van der Waals surface area contributed by atoms with Crippen LogP contribution in [0.1, 0.15) is 15.9 Å². The standard InChI is InChI=1S/C9H8BrNO2/c1-6-4-7(10)2-3-8(6)9(13)11-5-12/h2-5H,1H3,(H,11,12,13). The first kappa shape index (κ1) is 9.92. The normalized spacial score (nSPS) is 9.38. The van der Waals surface area contributed by atoms with E-state index in [9.17, 15) is 9.59 Å². The van der Waals surface area contributed by atoms with Gasteiger partial charge >= 0.3 is 0 Å². The molecular formula is C9H8BrNO2. The molecule has 0 aliphatic carbocycles. The number of amides is 2. The van der Waals surface area contributed by atoms with Gasteiger partial charge in [-0.25, -0.2) is 0 Å². The van der Waals surface area contributed by atoms with Crippen molar-refractivity contribution in [1.29, 1.82) is 0 Å². The number of halogens is 1. The molecule has 0 aliphatic rings. The third-order valence-electron chi connectivity index (χ3n) is 1.62. The minimum Gasteiger partial charge on any atom is -0.295 e. The first-order valence-electron chi connectivity index (χ1n) is 3.66. The Morgan fingerprint density at radius 1 is 1.54 bits per heavy atom. The van der Waals surface area contributed by atoms with E-state index < -0.39 is 0 Å². The highest BCUT2D eigenvalue weighted by Gasteiger charge is 2.07. The lowest BCUT2D eigenvalue weighted by molar-refractivity contribution is -0.108. The molecule has 2 amide bonds. The highest BCUT2D eigenvalue weighted by Crippen LogP contribution is 2.15. The lowest BCUT2D eigenvalue weighted by Gasteiger charge is -2.03. The van der Waals surface area contributed by atoms with Crippen molar-refractivity contribution in [3.05, 3.63) is 33.8 Å². The fraction of sp³-hybridized carbons (Fsp3) is 0.111. The first-order chi connectivity index (χ1) is 6.15. The predicted octanol–water partition coefficient (Wildman–Crippen LogP) is 1.64. The Bertz CT molecular complexity index is 349. The lowest BCUT2D eigenvalue weighted by Crippen LogP contribution is -2.21. The summed E-state index contributed by atoms with van der Waals surface area (Å²) in [6.07, 6.45) is 0.379. The quantitative estimate of drug-likeness (QED) is 0.801. The Kier molecular flexibility index (Phi) is 3.19. The minimum absolute atomic E-state index is 0.375. The topological polar surface area (TPSA) is 46.2 Å². The molecule has 1 N–H and O–H groups in total. The van der Waals surface area contributed by atoms with Gasteiger partial charge in [-0.2, -0.15) is 0 Å². The van der Waals surface area contributed by atoms with E-state index in [0.717, 1.165) is 10.0 Å². The van der Waals surface area contributed by atoms with Crippen LogP contribution in [0.15, 0.2) is 22.7 Å². The van der Waals surface area contributed by atoms with Crippen LogP contribution in [0.4, 0.5) is 0 Å². The van der Waals surface area contributed by atoms with Crippen molar-refractivity contribution in [3.63, 3.8) is 0 Å². The summed E-state index contributed by atoms with van der Waals surface area (Å²) in [5.41, 5.74) is 1.34. The smallest absolute Gasteiger partial charge is 0.257 e. The molecule has 0 spiro atoms. The molecular weight excluding hydrogens is 234 g/mol. The summed E-state index contributed by atoms with van der Waals surface area (Å²) in [6, 6.07) is 5.24. The summed E-state index contributed by atoms with van der Waals surface area (Å²) >= 11 is 3.28. The van der Waals surface area contributed by atoms with E-state index in [0.29, 0.717) is 12.0 Å². The zero-order valence-corrected chi connectivity index (χ0v) is 8.59. The van der Waals surface area contributed by atoms with E-state index >= 15 is 0 Å². The molecule has 3 nitrogen and oxygen atoms in total. The van der Waals surface area contributed by atoms with Crippen LogP contribution in [-0.4, -0.2) is 12.3 Å². The zero-order valence-electron chi connectivity index (χ0n) is 7.00. The van der Waals surface area contributed by atoms with Gasteiger partial charge in [0.2, 0.25) is 6.41 Å². The van der Waals surface area contributed by atoms with Gasteiger partial charge in [0, 0.05) is 10.0 Å². The molecule has 1 aromatic carbocycles. The zero-order chi connectivity index (χ0) is 9.84. The molecule has 0 bridgehead atoms. The van der Waals surface area contributed by atoms with Crippen molar-refractivity contribution in [3.8, 4) is 0 Å². The van der Waals surface area contributed by atoms with Crippen molar-refractivity contribution < 1.29 is 9.59 Å². The van der Waals surface area contributed by atoms with Gasteiger partial charge in [0.05, 0.1) is 0 Å². The molecule has 0 saturated heterocycles. The number of nitrogens with one attached hydrogen (secondary N) is 1. The number of rotatable bonds is 2. The average Bonchev–Trinajstić information content (AvgIpc) is 2.04. The van der Waals surface area contributed by atoms with Gasteiger partial charge in [-0.1, -0.05) is 15.9 Å². The number of imide groups is 1. The molecule has 0 heterocycles. The molecule has 0 unspecified atom stereocenters. The second-order valence-electron chi connectivity index (χ2n) is 2.55. The Morgan fingerprint density at radius 3 is 2.77 bits per heavy atom. The van der Waals surface area contributed by atoms with E-state index in [1.807, 2.05) is 13.0 Å². The van der Waals surface area contributed by atoms with Crippen molar-refractivity contribution in [2.24, 2.45) is 0 Å². The van der Waals surface area contributed by atoms with Crippen LogP contribution in [0.3, 0.4) is 0 Å². The number of carbonyl (C=O) groups excluding carboxylic acids is 2. The number of benzene rings is 1. The van der Waals surface area contributed by atoms with Crippen molar-refractivity contribution >= 4 is 28.2 Å². The van der Waals surface area contributed by atoms with Crippen LogP contribution in [0.5, 0.6) is 0 Å². The highest BCUT2D eigenvalue weighted by atomic mass is 79.9. The fourth-order valence-corrected chi connectivity index (χ4v) is 1.49. The van der Waals surface area contributed by atoms with Crippen LogP contribution < -0.4 is 5.32 Å². The third kappa shape index (κ3) is 2.39. The van der Waals surface area contributed by atoms with Crippen LogP contribution in [0, 0.1) is 6.92 Å². The van der Waals surface area contributed by atoms with Gasteiger partial charge in [-0.15, -0.1) is 0 Å². The molecule has 0 radical (unpaired) electrons. The van der Waals surface area contributed by atoms with Crippen molar-refractivity contribution in [2.75, 3.05) is 0 Å². The van der Waals surface area contributed by atoms with Crippen LogP contribution in [0.2, 0.25) is 0 Å². The monoisotopic (exact) mass is 241 g/mol. The van der Waals surface area contributed by atoms with E-state index in [-0.39, 0.29) is 5.91 Å². The van der Waals surface area contributed by atoms with Gasteiger partial charge in [-0.3, -0.25) is 14.9 Å². The molecule has 1 rings (SSSR count). The van der Waals surface area contributed by atoms with Gasteiger partial charge in [0.1, 0.15) is 0 Å². The molecule has 68 valence electrons. The summed E-state index contributed by atoms with van der Waals surface area (Å²) in [6.45, 7) is 1.81. The van der Waals surface area contributed by atoms with Crippen molar-refractivity contribution in [1.82, 2.24) is 5.32 Å². The second-order valence-corrected chi connectivity index (χ2v) is 3.47. The molecule has 0 aliphatic heterocycles.